The summed E-state index contributed by atoms with van der Waals surface area (Å²) in [5.74, 6) is 0. The second kappa shape index (κ2) is 9.42. The number of nitrogens with zero attached hydrogens (tertiary/aromatic N) is 1. The molecule has 1 unspecified atom stereocenters. The van der Waals surface area contributed by atoms with E-state index in [0.717, 1.165) is 36.4 Å². The maximum atomic E-state index is 12.1. The van der Waals surface area contributed by atoms with Crippen molar-refractivity contribution in [3.8, 4) is 0 Å². The molecule has 0 bridgehead atoms. The Labute approximate surface area is 169 Å². The largest absolute Gasteiger partial charge is 0.374 e. The van der Waals surface area contributed by atoms with Crippen molar-refractivity contribution in [1.29, 1.82) is 0 Å². The molecule has 1 fully saturated rings. The fourth-order valence-corrected chi connectivity index (χ4v) is 3.37. The molecule has 2 amide bonds. The first-order chi connectivity index (χ1) is 13.0. The van der Waals surface area contributed by atoms with Gasteiger partial charge in [0.25, 0.3) is 0 Å². The van der Waals surface area contributed by atoms with Crippen LogP contribution in [0.25, 0.3) is 0 Å². The molecule has 0 saturated carbocycles. The van der Waals surface area contributed by atoms with E-state index in [1.807, 2.05) is 49.4 Å². The van der Waals surface area contributed by atoms with Crippen LogP contribution in [0.4, 0.5) is 10.5 Å². The third-order valence-electron chi connectivity index (χ3n) is 4.38. The molecule has 0 radical (unpaired) electrons. The van der Waals surface area contributed by atoms with E-state index in [1.165, 1.54) is 0 Å². The summed E-state index contributed by atoms with van der Waals surface area (Å²) in [5.41, 5.74) is 2.98. The van der Waals surface area contributed by atoms with Crippen molar-refractivity contribution in [3.63, 3.8) is 0 Å². The van der Waals surface area contributed by atoms with E-state index < -0.39 is 0 Å². The molecule has 0 aromatic heterocycles. The van der Waals surface area contributed by atoms with Gasteiger partial charge >= 0.3 is 6.03 Å². The number of aryl methyl sites for hydroxylation is 1. The van der Waals surface area contributed by atoms with Crippen molar-refractivity contribution in [1.82, 2.24) is 10.2 Å². The second-order valence-corrected chi connectivity index (χ2v) is 7.50. The molecule has 1 aliphatic heterocycles. The zero-order chi connectivity index (χ0) is 19.2. The predicted octanol–water partition coefficient (Wildman–Crippen LogP) is 4.32. The molecule has 0 aliphatic carbocycles. The molecule has 2 aromatic rings. The number of urea groups is 1. The highest BCUT2D eigenvalue weighted by atomic mass is 35.5. The van der Waals surface area contributed by atoms with Crippen LogP contribution in [0.15, 0.2) is 42.5 Å². The summed E-state index contributed by atoms with van der Waals surface area (Å²) in [6, 6.07) is 13.1. The zero-order valence-corrected chi connectivity index (χ0v) is 16.7. The van der Waals surface area contributed by atoms with Crippen LogP contribution in [0.3, 0.4) is 0 Å². The summed E-state index contributed by atoms with van der Waals surface area (Å²) in [7, 11) is 0. The van der Waals surface area contributed by atoms with Crippen molar-refractivity contribution in [2.75, 3.05) is 31.6 Å². The number of amides is 2. The first-order valence-corrected chi connectivity index (χ1v) is 9.64. The quantitative estimate of drug-likeness (QED) is 0.775. The minimum Gasteiger partial charge on any atom is -0.374 e. The van der Waals surface area contributed by atoms with E-state index in [-0.39, 0.29) is 12.1 Å². The van der Waals surface area contributed by atoms with Gasteiger partial charge in [0.2, 0.25) is 0 Å². The van der Waals surface area contributed by atoms with Gasteiger partial charge in [-0.3, -0.25) is 4.90 Å². The molecule has 144 valence electrons. The lowest BCUT2D eigenvalue weighted by Gasteiger charge is -2.33. The van der Waals surface area contributed by atoms with Crippen LogP contribution < -0.4 is 10.6 Å². The fraction of sp³-hybridized carbons (Fsp3) is 0.350. The van der Waals surface area contributed by atoms with Gasteiger partial charge in [0, 0.05) is 31.9 Å². The molecule has 7 heteroatoms. The van der Waals surface area contributed by atoms with Gasteiger partial charge in [-0.15, -0.1) is 0 Å². The molecule has 27 heavy (non-hydrogen) atoms. The molecule has 1 heterocycles. The summed E-state index contributed by atoms with van der Waals surface area (Å²) < 4.78 is 5.78. The molecule has 3 rings (SSSR count). The van der Waals surface area contributed by atoms with E-state index in [9.17, 15) is 4.79 Å². The zero-order valence-electron chi connectivity index (χ0n) is 15.2. The molecular formula is C20H23Cl2N3O2. The number of morpholine rings is 1. The maximum absolute atomic E-state index is 12.1. The second-order valence-electron chi connectivity index (χ2n) is 6.68. The molecular weight excluding hydrogens is 385 g/mol. The smallest absolute Gasteiger partial charge is 0.319 e. The van der Waals surface area contributed by atoms with E-state index in [2.05, 4.69) is 15.5 Å². The van der Waals surface area contributed by atoms with Crippen molar-refractivity contribution < 1.29 is 9.53 Å². The van der Waals surface area contributed by atoms with E-state index in [1.54, 1.807) is 0 Å². The van der Waals surface area contributed by atoms with Crippen LogP contribution in [0.1, 0.15) is 11.1 Å². The molecule has 2 N–H and O–H groups in total. The highest BCUT2D eigenvalue weighted by Crippen LogP contribution is 2.23. The number of rotatable bonds is 5. The lowest BCUT2D eigenvalue weighted by atomic mass is 10.2. The number of carbonyl (C=O) groups excluding carboxylic acids is 1. The Morgan fingerprint density at radius 2 is 2.07 bits per heavy atom. The summed E-state index contributed by atoms with van der Waals surface area (Å²) in [6.07, 6.45) is -0.0511. The van der Waals surface area contributed by atoms with Crippen LogP contribution in [0.2, 0.25) is 10.0 Å². The van der Waals surface area contributed by atoms with E-state index >= 15 is 0 Å². The Bertz CT molecular complexity index is 801. The van der Waals surface area contributed by atoms with Gasteiger partial charge < -0.3 is 15.4 Å². The van der Waals surface area contributed by atoms with Gasteiger partial charge in [0.1, 0.15) is 0 Å². The number of nitrogens with one attached hydrogen (secondary N) is 2. The van der Waals surface area contributed by atoms with Crippen molar-refractivity contribution in [3.05, 3.63) is 63.6 Å². The standard InChI is InChI=1S/C20H23Cl2N3O2/c1-14-3-2-4-16(9-14)24-20(26)23-11-17-13-25(7-8-27-17)12-15-5-6-18(21)19(22)10-15/h2-6,9-10,17H,7-8,11-13H2,1H3,(H2,23,24,26). The number of carbonyl (C=O) groups is 1. The van der Waals surface area contributed by atoms with Crippen LogP contribution >= 0.6 is 23.2 Å². The number of anilines is 1. The third kappa shape index (κ3) is 6.11. The number of ether oxygens (including phenoxy) is 1. The van der Waals surface area contributed by atoms with Gasteiger partial charge in [0.05, 0.1) is 22.8 Å². The Balaban J connectivity index is 1.46. The molecule has 5 nitrogen and oxygen atoms in total. The SMILES string of the molecule is Cc1cccc(NC(=O)NCC2CN(Cc3ccc(Cl)c(Cl)c3)CCO2)c1. The molecule has 2 aromatic carbocycles. The van der Waals surface area contributed by atoms with Crippen molar-refractivity contribution in [2.24, 2.45) is 0 Å². The average molecular weight is 408 g/mol. The lowest BCUT2D eigenvalue weighted by Crippen LogP contribution is -2.47. The van der Waals surface area contributed by atoms with Gasteiger partial charge in [-0.2, -0.15) is 0 Å². The van der Waals surface area contributed by atoms with Crippen LogP contribution in [0, 0.1) is 6.92 Å². The minimum atomic E-state index is -0.231. The normalized spacial score (nSPS) is 17.5. The Morgan fingerprint density at radius 1 is 1.22 bits per heavy atom. The van der Waals surface area contributed by atoms with Crippen molar-refractivity contribution >= 4 is 34.9 Å². The first kappa shape index (κ1) is 20.0. The fourth-order valence-electron chi connectivity index (χ4n) is 3.05. The summed E-state index contributed by atoms with van der Waals surface area (Å²) in [5, 5.41) is 6.84. The highest BCUT2D eigenvalue weighted by Gasteiger charge is 2.21. The summed E-state index contributed by atoms with van der Waals surface area (Å²) in [4.78, 5) is 14.4. The Morgan fingerprint density at radius 3 is 2.85 bits per heavy atom. The van der Waals surface area contributed by atoms with Crippen LogP contribution in [-0.4, -0.2) is 43.3 Å². The topological polar surface area (TPSA) is 53.6 Å². The van der Waals surface area contributed by atoms with Crippen LogP contribution in [-0.2, 0) is 11.3 Å². The predicted molar refractivity (Wildman–Crippen MR) is 110 cm³/mol. The number of halogens is 2. The molecule has 0 spiro atoms. The average Bonchev–Trinajstić information content (AvgIpc) is 2.63. The van der Waals surface area contributed by atoms with Gasteiger partial charge in [-0.25, -0.2) is 4.79 Å². The highest BCUT2D eigenvalue weighted by molar-refractivity contribution is 6.42. The van der Waals surface area contributed by atoms with Crippen molar-refractivity contribution in [2.45, 2.75) is 19.6 Å². The first-order valence-electron chi connectivity index (χ1n) is 8.89. The Hall–Kier alpha value is -1.79. The third-order valence-corrected chi connectivity index (χ3v) is 5.12. The number of hydrogen-bond donors (Lipinski definition) is 2. The monoisotopic (exact) mass is 407 g/mol. The summed E-state index contributed by atoms with van der Waals surface area (Å²) in [6.45, 7) is 5.42. The van der Waals surface area contributed by atoms with E-state index in [0.29, 0.717) is 23.2 Å². The maximum Gasteiger partial charge on any atom is 0.319 e. The lowest BCUT2D eigenvalue weighted by molar-refractivity contribution is -0.0285. The number of benzene rings is 2. The Kier molecular flexibility index (Phi) is 6.96. The van der Waals surface area contributed by atoms with E-state index in [4.69, 9.17) is 27.9 Å². The minimum absolute atomic E-state index is 0.0511. The van der Waals surface area contributed by atoms with Gasteiger partial charge in [-0.1, -0.05) is 41.4 Å². The number of hydrogen-bond acceptors (Lipinski definition) is 3. The summed E-state index contributed by atoms with van der Waals surface area (Å²) >= 11 is 12.1. The van der Waals surface area contributed by atoms with Gasteiger partial charge in [0.15, 0.2) is 0 Å². The molecule has 1 atom stereocenters. The van der Waals surface area contributed by atoms with Gasteiger partial charge in [-0.05, 0) is 42.3 Å². The molecule has 1 aliphatic rings. The van der Waals surface area contributed by atoms with Crippen LogP contribution in [0.5, 0.6) is 0 Å². The molecule has 1 saturated heterocycles.